The van der Waals surface area contributed by atoms with Gasteiger partial charge in [0.1, 0.15) is 6.07 Å². The summed E-state index contributed by atoms with van der Waals surface area (Å²) in [6.07, 6.45) is 0. The number of rotatable bonds is 4. The van der Waals surface area contributed by atoms with E-state index >= 15 is 0 Å². The van der Waals surface area contributed by atoms with E-state index in [4.69, 9.17) is 10.00 Å². The van der Waals surface area contributed by atoms with E-state index in [1.165, 1.54) is 12.1 Å². The standard InChI is InChI=1S/C12H9BrF3NO2S/c1-2-19-11(18)8-4-3-7(5-13)10(9(8)6-17)20-12(14,15)16/h3-4H,2,5H2,1H3. The molecule has 0 amide bonds. The maximum Gasteiger partial charge on any atom is 0.446 e. The molecule has 1 rings (SSSR count). The number of benzene rings is 1. The summed E-state index contributed by atoms with van der Waals surface area (Å²) in [5.74, 6) is -0.811. The predicted octanol–water partition coefficient (Wildman–Crippen LogP) is 4.24. The number of carbonyl (C=O) groups excluding carboxylic acids is 1. The van der Waals surface area contributed by atoms with Crippen LogP contribution in [-0.4, -0.2) is 18.1 Å². The van der Waals surface area contributed by atoms with Crippen LogP contribution in [-0.2, 0) is 10.1 Å². The van der Waals surface area contributed by atoms with E-state index in [1.54, 1.807) is 13.0 Å². The summed E-state index contributed by atoms with van der Waals surface area (Å²) in [7, 11) is 0. The van der Waals surface area contributed by atoms with Crippen molar-refractivity contribution < 1.29 is 22.7 Å². The van der Waals surface area contributed by atoms with Crippen LogP contribution in [0.5, 0.6) is 0 Å². The van der Waals surface area contributed by atoms with E-state index < -0.39 is 23.2 Å². The van der Waals surface area contributed by atoms with Gasteiger partial charge in [-0.25, -0.2) is 4.79 Å². The van der Waals surface area contributed by atoms with Crippen molar-refractivity contribution in [3.8, 4) is 6.07 Å². The summed E-state index contributed by atoms with van der Waals surface area (Å²) in [5, 5.41) is 9.22. The quantitative estimate of drug-likeness (QED) is 0.453. The van der Waals surface area contributed by atoms with E-state index in [0.29, 0.717) is 0 Å². The molecule has 0 unspecified atom stereocenters. The molecule has 0 aliphatic carbocycles. The third-order valence-corrected chi connectivity index (χ3v) is 3.71. The molecule has 0 aromatic heterocycles. The molecule has 0 spiro atoms. The van der Waals surface area contributed by atoms with Gasteiger partial charge in [-0.1, -0.05) is 22.0 Å². The summed E-state index contributed by atoms with van der Waals surface area (Å²) < 4.78 is 42.5. The number of nitriles is 1. The Morgan fingerprint density at radius 3 is 2.60 bits per heavy atom. The van der Waals surface area contributed by atoms with Crippen LogP contribution in [0.2, 0.25) is 0 Å². The number of nitrogens with zero attached hydrogens (tertiary/aromatic N) is 1. The van der Waals surface area contributed by atoms with Crippen LogP contribution >= 0.6 is 27.7 Å². The molecule has 0 bridgehead atoms. The number of thioether (sulfide) groups is 1. The SMILES string of the molecule is CCOC(=O)c1ccc(CBr)c(SC(F)(F)F)c1C#N. The molecule has 1 aromatic rings. The minimum absolute atomic E-state index is 0.0750. The van der Waals surface area contributed by atoms with E-state index in [9.17, 15) is 18.0 Å². The van der Waals surface area contributed by atoms with Crippen molar-refractivity contribution in [3.05, 3.63) is 28.8 Å². The lowest BCUT2D eigenvalue weighted by molar-refractivity contribution is -0.0328. The van der Waals surface area contributed by atoms with Crippen LogP contribution in [0, 0.1) is 11.3 Å². The van der Waals surface area contributed by atoms with Gasteiger partial charge in [0.2, 0.25) is 0 Å². The Bertz CT molecular complexity index is 555. The van der Waals surface area contributed by atoms with Gasteiger partial charge in [-0.05, 0) is 30.3 Å². The summed E-state index contributed by atoms with van der Waals surface area (Å²) >= 11 is 2.66. The Kier molecular flexibility index (Phi) is 5.89. The predicted molar refractivity (Wildman–Crippen MR) is 71.7 cm³/mol. The first kappa shape index (κ1) is 16.9. The number of carbonyl (C=O) groups is 1. The van der Waals surface area contributed by atoms with Crippen molar-refractivity contribution in [1.29, 1.82) is 5.26 Å². The van der Waals surface area contributed by atoms with E-state index in [-0.39, 0.29) is 33.5 Å². The molecule has 0 N–H and O–H groups in total. The first-order chi connectivity index (χ1) is 9.34. The number of halogens is 4. The minimum atomic E-state index is -4.55. The van der Waals surface area contributed by atoms with E-state index in [0.717, 1.165) is 0 Å². The topological polar surface area (TPSA) is 50.1 Å². The first-order valence-electron chi connectivity index (χ1n) is 5.38. The zero-order valence-corrected chi connectivity index (χ0v) is 12.7. The Balaban J connectivity index is 3.41. The van der Waals surface area contributed by atoms with Gasteiger partial charge >= 0.3 is 11.5 Å². The van der Waals surface area contributed by atoms with Crippen molar-refractivity contribution in [3.63, 3.8) is 0 Å². The second kappa shape index (κ2) is 6.99. The lowest BCUT2D eigenvalue weighted by atomic mass is 10.1. The van der Waals surface area contributed by atoms with Gasteiger partial charge < -0.3 is 4.74 Å². The molecule has 0 aliphatic heterocycles. The Hall–Kier alpha value is -1.20. The van der Waals surface area contributed by atoms with Gasteiger partial charge in [0, 0.05) is 10.2 Å². The number of ether oxygens (including phenoxy) is 1. The van der Waals surface area contributed by atoms with Gasteiger partial charge in [0.05, 0.1) is 17.7 Å². The molecule has 20 heavy (non-hydrogen) atoms. The largest absolute Gasteiger partial charge is 0.462 e. The highest BCUT2D eigenvalue weighted by Gasteiger charge is 2.33. The van der Waals surface area contributed by atoms with Gasteiger partial charge in [0.25, 0.3) is 0 Å². The molecule has 0 saturated carbocycles. The third kappa shape index (κ3) is 4.15. The number of hydrogen-bond acceptors (Lipinski definition) is 4. The summed E-state index contributed by atoms with van der Waals surface area (Å²) in [4.78, 5) is 11.4. The van der Waals surface area contributed by atoms with Crippen molar-refractivity contribution in [2.24, 2.45) is 0 Å². The Morgan fingerprint density at radius 1 is 1.50 bits per heavy atom. The Morgan fingerprint density at radius 2 is 2.15 bits per heavy atom. The van der Waals surface area contributed by atoms with Crippen molar-refractivity contribution in [1.82, 2.24) is 0 Å². The van der Waals surface area contributed by atoms with Crippen molar-refractivity contribution >= 4 is 33.7 Å². The molecule has 8 heteroatoms. The molecule has 1 aromatic carbocycles. The fourth-order valence-electron chi connectivity index (χ4n) is 1.45. The first-order valence-corrected chi connectivity index (χ1v) is 7.32. The zero-order chi connectivity index (χ0) is 15.3. The number of alkyl halides is 4. The molecule has 3 nitrogen and oxygen atoms in total. The monoisotopic (exact) mass is 367 g/mol. The second-order valence-electron chi connectivity index (χ2n) is 3.49. The minimum Gasteiger partial charge on any atom is -0.462 e. The van der Waals surface area contributed by atoms with Crippen LogP contribution < -0.4 is 0 Å². The number of hydrogen-bond donors (Lipinski definition) is 0. The molecule has 0 aliphatic rings. The lowest BCUT2D eigenvalue weighted by Crippen LogP contribution is -2.10. The summed E-state index contributed by atoms with van der Waals surface area (Å²) in [6.45, 7) is 1.65. The molecule has 108 valence electrons. The van der Waals surface area contributed by atoms with Crippen LogP contribution in [0.15, 0.2) is 17.0 Å². The van der Waals surface area contributed by atoms with E-state index in [1.807, 2.05) is 0 Å². The number of esters is 1. The second-order valence-corrected chi connectivity index (χ2v) is 5.13. The fourth-order valence-corrected chi connectivity index (χ4v) is 2.87. The maximum atomic E-state index is 12.6. The molecule has 0 radical (unpaired) electrons. The molecular formula is C12H9BrF3NO2S. The fraction of sp³-hybridized carbons (Fsp3) is 0.333. The van der Waals surface area contributed by atoms with Crippen molar-refractivity contribution in [2.75, 3.05) is 6.61 Å². The molecule has 0 fully saturated rings. The normalized spacial score (nSPS) is 11.0. The molecule has 0 saturated heterocycles. The van der Waals surface area contributed by atoms with Crippen LogP contribution in [0.3, 0.4) is 0 Å². The Labute approximate surface area is 126 Å². The van der Waals surface area contributed by atoms with Gasteiger partial charge in [-0.3, -0.25) is 0 Å². The highest BCUT2D eigenvalue weighted by Crippen LogP contribution is 2.41. The maximum absolute atomic E-state index is 12.6. The third-order valence-electron chi connectivity index (χ3n) is 2.21. The molecule has 0 heterocycles. The summed E-state index contributed by atoms with van der Waals surface area (Å²) in [5.41, 5.74) is -4.74. The molecular weight excluding hydrogens is 359 g/mol. The van der Waals surface area contributed by atoms with Gasteiger partial charge in [-0.15, -0.1) is 0 Å². The summed E-state index contributed by atoms with van der Waals surface area (Å²) in [6, 6.07) is 4.33. The van der Waals surface area contributed by atoms with Crippen LogP contribution in [0.25, 0.3) is 0 Å². The average molecular weight is 368 g/mol. The van der Waals surface area contributed by atoms with Crippen LogP contribution in [0.4, 0.5) is 13.2 Å². The van der Waals surface area contributed by atoms with E-state index in [2.05, 4.69) is 15.9 Å². The smallest absolute Gasteiger partial charge is 0.446 e. The lowest BCUT2D eigenvalue weighted by Gasteiger charge is -2.13. The van der Waals surface area contributed by atoms with Crippen molar-refractivity contribution in [2.45, 2.75) is 22.7 Å². The zero-order valence-electron chi connectivity index (χ0n) is 10.3. The van der Waals surface area contributed by atoms with Crippen LogP contribution in [0.1, 0.15) is 28.4 Å². The highest BCUT2D eigenvalue weighted by molar-refractivity contribution is 9.08. The van der Waals surface area contributed by atoms with Gasteiger partial charge in [0.15, 0.2) is 0 Å². The highest BCUT2D eigenvalue weighted by atomic mass is 79.9. The average Bonchev–Trinajstić information content (AvgIpc) is 2.36. The van der Waals surface area contributed by atoms with Gasteiger partial charge in [-0.2, -0.15) is 18.4 Å². The molecule has 0 atom stereocenters.